The lowest BCUT2D eigenvalue weighted by atomic mass is 9.81. The lowest BCUT2D eigenvalue weighted by molar-refractivity contribution is -0.138. The number of allylic oxidation sites excluding steroid dienone is 1. The molecule has 0 bridgehead atoms. The smallest absolute Gasteiger partial charge is 0.337 e. The molecule has 0 aliphatic carbocycles. The van der Waals surface area contributed by atoms with Crippen molar-refractivity contribution in [1.82, 2.24) is 5.32 Å². The summed E-state index contributed by atoms with van der Waals surface area (Å²) in [6.07, 6.45) is 0. The van der Waals surface area contributed by atoms with Gasteiger partial charge in [-0.15, -0.1) is 0 Å². The van der Waals surface area contributed by atoms with Crippen molar-refractivity contribution in [3.63, 3.8) is 0 Å². The molecule has 0 amide bonds. The van der Waals surface area contributed by atoms with Crippen LogP contribution < -0.4 is 5.32 Å². The normalized spacial score (nSPS) is 19.4. The minimum absolute atomic E-state index is 0.0578. The first kappa shape index (κ1) is 18.4. The number of rotatable bonds is 5. The van der Waals surface area contributed by atoms with E-state index in [0.717, 1.165) is 0 Å². The monoisotopic (exact) mass is 381 g/mol. The summed E-state index contributed by atoms with van der Waals surface area (Å²) in [4.78, 5) is 25.2. The molecule has 0 aromatic heterocycles. The maximum absolute atomic E-state index is 13.0. The molecule has 1 atom stereocenters. The molecule has 8 heteroatoms. The van der Waals surface area contributed by atoms with Crippen LogP contribution >= 0.6 is 11.8 Å². The van der Waals surface area contributed by atoms with Crippen LogP contribution in [0.4, 0.5) is 8.78 Å². The standard InChI is InChI=1S/C18H17F2NO4S/c1-3-24-16(22)13-9(2)21-11-8-25-17(23)15(11)14(13)10-6-4-5-7-12(10)26-18(19)20/h4-7,14,18,21H,3,8H2,1-2H3. The Labute approximate surface area is 153 Å². The van der Waals surface area contributed by atoms with Crippen molar-refractivity contribution < 1.29 is 27.8 Å². The summed E-state index contributed by atoms with van der Waals surface area (Å²) < 4.78 is 36.3. The molecule has 3 rings (SSSR count). The van der Waals surface area contributed by atoms with E-state index >= 15 is 0 Å². The molecule has 2 aliphatic rings. The molecule has 26 heavy (non-hydrogen) atoms. The number of cyclic esters (lactones) is 1. The van der Waals surface area contributed by atoms with E-state index in [2.05, 4.69) is 5.32 Å². The van der Waals surface area contributed by atoms with Crippen LogP contribution in [0, 0.1) is 0 Å². The number of halogens is 2. The van der Waals surface area contributed by atoms with Gasteiger partial charge >= 0.3 is 11.9 Å². The third kappa shape index (κ3) is 3.33. The first-order chi connectivity index (χ1) is 12.4. The van der Waals surface area contributed by atoms with E-state index in [1.165, 1.54) is 0 Å². The molecular formula is C18H17F2NO4S. The Morgan fingerprint density at radius 2 is 2.15 bits per heavy atom. The van der Waals surface area contributed by atoms with E-state index in [1.54, 1.807) is 38.1 Å². The molecule has 0 saturated carbocycles. The number of nitrogens with one attached hydrogen (secondary N) is 1. The Hall–Kier alpha value is -2.35. The van der Waals surface area contributed by atoms with Crippen molar-refractivity contribution in [2.24, 2.45) is 0 Å². The Morgan fingerprint density at radius 3 is 2.85 bits per heavy atom. The number of carbonyl (C=O) groups excluding carboxylic acids is 2. The number of alkyl halides is 2. The Kier molecular flexibility index (Phi) is 5.31. The summed E-state index contributed by atoms with van der Waals surface area (Å²) in [6.45, 7) is 3.58. The van der Waals surface area contributed by atoms with Gasteiger partial charge in [0.15, 0.2) is 0 Å². The van der Waals surface area contributed by atoms with Gasteiger partial charge in [-0.1, -0.05) is 30.0 Å². The molecule has 1 unspecified atom stereocenters. The second-order valence-electron chi connectivity index (χ2n) is 5.70. The van der Waals surface area contributed by atoms with E-state index in [-0.39, 0.29) is 24.4 Å². The van der Waals surface area contributed by atoms with Crippen LogP contribution in [0.5, 0.6) is 0 Å². The zero-order chi connectivity index (χ0) is 18.8. The van der Waals surface area contributed by atoms with Crippen molar-refractivity contribution in [3.8, 4) is 0 Å². The van der Waals surface area contributed by atoms with E-state index in [1.807, 2.05) is 0 Å². The van der Waals surface area contributed by atoms with Crippen molar-refractivity contribution in [3.05, 3.63) is 52.4 Å². The molecule has 5 nitrogen and oxygen atoms in total. The molecule has 0 fully saturated rings. The average molecular weight is 381 g/mol. The predicted octanol–water partition coefficient (Wildman–Crippen LogP) is 3.34. The fourth-order valence-corrected chi connectivity index (χ4v) is 3.85. The first-order valence-corrected chi connectivity index (χ1v) is 8.90. The number of thioether (sulfide) groups is 1. The molecule has 2 heterocycles. The first-order valence-electron chi connectivity index (χ1n) is 8.02. The minimum Gasteiger partial charge on any atom is -0.463 e. The average Bonchev–Trinajstić information content (AvgIpc) is 2.94. The zero-order valence-electron chi connectivity index (χ0n) is 14.2. The maximum atomic E-state index is 13.0. The van der Waals surface area contributed by atoms with Crippen LogP contribution in [0.25, 0.3) is 0 Å². The van der Waals surface area contributed by atoms with Gasteiger partial charge in [0, 0.05) is 10.6 Å². The van der Waals surface area contributed by atoms with Crippen LogP contribution in [0.1, 0.15) is 25.3 Å². The second-order valence-corrected chi connectivity index (χ2v) is 6.73. The highest BCUT2D eigenvalue weighted by Crippen LogP contribution is 2.45. The molecular weight excluding hydrogens is 364 g/mol. The highest BCUT2D eigenvalue weighted by atomic mass is 32.2. The fourth-order valence-electron chi connectivity index (χ4n) is 3.18. The number of benzene rings is 1. The Bertz CT molecular complexity index is 819. The van der Waals surface area contributed by atoms with Crippen LogP contribution in [-0.4, -0.2) is 30.9 Å². The fraction of sp³-hybridized carbons (Fsp3) is 0.333. The van der Waals surface area contributed by atoms with Gasteiger partial charge in [0.1, 0.15) is 6.61 Å². The third-order valence-corrected chi connectivity index (χ3v) is 4.96. The summed E-state index contributed by atoms with van der Waals surface area (Å²) in [5, 5.41) is 3.02. The number of ether oxygens (including phenoxy) is 2. The number of dihydropyridines is 1. The van der Waals surface area contributed by atoms with Crippen LogP contribution in [0.3, 0.4) is 0 Å². The van der Waals surface area contributed by atoms with Crippen molar-refractivity contribution in [1.29, 1.82) is 0 Å². The quantitative estimate of drug-likeness (QED) is 0.624. The van der Waals surface area contributed by atoms with E-state index in [4.69, 9.17) is 9.47 Å². The van der Waals surface area contributed by atoms with Crippen molar-refractivity contribution in [2.45, 2.75) is 30.4 Å². The number of hydrogen-bond donors (Lipinski definition) is 1. The van der Waals surface area contributed by atoms with Gasteiger partial charge in [-0.2, -0.15) is 8.78 Å². The number of esters is 2. The SMILES string of the molecule is CCOC(=O)C1=C(C)NC2=C(C(=O)OC2)C1c1ccccc1SC(F)F. The molecule has 1 aromatic rings. The number of carbonyl (C=O) groups is 2. The minimum atomic E-state index is -2.63. The van der Waals surface area contributed by atoms with Crippen molar-refractivity contribution >= 4 is 23.7 Å². The van der Waals surface area contributed by atoms with Gasteiger partial charge in [-0.25, -0.2) is 9.59 Å². The Morgan fingerprint density at radius 1 is 1.42 bits per heavy atom. The van der Waals surface area contributed by atoms with Gasteiger partial charge in [0.05, 0.1) is 29.4 Å². The van der Waals surface area contributed by atoms with E-state index in [0.29, 0.717) is 33.6 Å². The summed E-state index contributed by atoms with van der Waals surface area (Å²) in [6, 6.07) is 6.51. The molecule has 2 aliphatic heterocycles. The lowest BCUT2D eigenvalue weighted by Crippen LogP contribution is -2.30. The third-order valence-electron chi connectivity index (χ3n) is 4.15. The molecule has 1 N–H and O–H groups in total. The maximum Gasteiger partial charge on any atom is 0.337 e. The van der Waals surface area contributed by atoms with Gasteiger partial charge in [-0.3, -0.25) is 0 Å². The van der Waals surface area contributed by atoms with Crippen LogP contribution in [-0.2, 0) is 19.1 Å². The van der Waals surface area contributed by atoms with Gasteiger partial charge in [-0.05, 0) is 25.5 Å². The summed E-state index contributed by atoms with van der Waals surface area (Å²) in [5.74, 6) is -4.60. The topological polar surface area (TPSA) is 64.6 Å². The molecule has 1 aromatic carbocycles. The van der Waals surface area contributed by atoms with Crippen molar-refractivity contribution in [2.75, 3.05) is 13.2 Å². The molecule has 138 valence electrons. The van der Waals surface area contributed by atoms with Gasteiger partial charge < -0.3 is 14.8 Å². The van der Waals surface area contributed by atoms with E-state index < -0.39 is 23.6 Å². The second kappa shape index (κ2) is 7.49. The summed E-state index contributed by atoms with van der Waals surface area (Å²) in [5.41, 5.74) is 2.01. The summed E-state index contributed by atoms with van der Waals surface area (Å²) in [7, 11) is 0. The predicted molar refractivity (Wildman–Crippen MR) is 91.5 cm³/mol. The largest absolute Gasteiger partial charge is 0.463 e. The highest BCUT2D eigenvalue weighted by Gasteiger charge is 2.42. The van der Waals surface area contributed by atoms with E-state index in [9.17, 15) is 18.4 Å². The number of hydrogen-bond acceptors (Lipinski definition) is 6. The lowest BCUT2D eigenvalue weighted by Gasteiger charge is -2.28. The van der Waals surface area contributed by atoms with Crippen LogP contribution in [0.2, 0.25) is 0 Å². The molecule has 0 radical (unpaired) electrons. The van der Waals surface area contributed by atoms with Gasteiger partial charge in [0.2, 0.25) is 0 Å². The summed E-state index contributed by atoms with van der Waals surface area (Å²) >= 11 is 0.379. The zero-order valence-corrected chi connectivity index (χ0v) is 15.0. The Balaban J connectivity index is 2.17. The van der Waals surface area contributed by atoms with Gasteiger partial charge in [0.25, 0.3) is 5.76 Å². The molecule has 0 spiro atoms. The highest BCUT2D eigenvalue weighted by molar-refractivity contribution is 7.99. The van der Waals surface area contributed by atoms with Crippen LogP contribution in [0.15, 0.2) is 51.7 Å². The molecule has 0 saturated heterocycles.